The number of hydrogen-bond acceptors (Lipinski definition) is 13. The Morgan fingerprint density at radius 1 is 0.432 bits per heavy atom. The largest absolute Gasteiger partial charge is 0.447 e. The molecule has 44 heavy (non-hydrogen) atoms. The van der Waals surface area contributed by atoms with Crippen LogP contribution in [0.5, 0.6) is 0 Å². The minimum absolute atomic E-state index is 0.137. The normalized spacial score (nSPS) is 11.0. The van der Waals surface area contributed by atoms with Crippen molar-refractivity contribution in [2.75, 3.05) is 144 Å². The molecule has 0 bridgehead atoms. The van der Waals surface area contributed by atoms with E-state index in [-0.39, 0.29) is 26.4 Å². The van der Waals surface area contributed by atoms with Crippen LogP contribution in [-0.2, 0) is 47.4 Å². The highest BCUT2D eigenvalue weighted by Crippen LogP contribution is 2.01. The van der Waals surface area contributed by atoms with E-state index in [1.165, 1.54) is 0 Å². The first-order valence-corrected chi connectivity index (χ1v) is 15.9. The Morgan fingerprint density at radius 2 is 0.773 bits per heavy atom. The number of unbranched alkanes of at least 4 members (excludes halogenated alkanes) is 3. The van der Waals surface area contributed by atoms with Crippen molar-refractivity contribution in [3.8, 4) is 0 Å². The molecular weight excluding hydrogens is 606 g/mol. The molecule has 0 rings (SSSR count). The van der Waals surface area contributed by atoms with E-state index < -0.39 is 12.2 Å². The lowest BCUT2D eigenvalue weighted by atomic mass is 10.2. The Hall–Kier alpha value is -1.53. The summed E-state index contributed by atoms with van der Waals surface area (Å²) in [5, 5.41) is 5.19. The fourth-order valence-corrected chi connectivity index (χ4v) is 3.27. The molecule has 2 amide bonds. The van der Waals surface area contributed by atoms with E-state index in [0.29, 0.717) is 111 Å². The van der Waals surface area contributed by atoms with Gasteiger partial charge in [0.15, 0.2) is 0 Å². The Bertz CT molecular complexity index is 614. The number of ether oxygens (including phenoxy) is 10. The predicted molar refractivity (Wildman–Crippen MR) is 163 cm³/mol. The lowest BCUT2D eigenvalue weighted by Crippen LogP contribution is -2.29. The van der Waals surface area contributed by atoms with Crippen LogP contribution in [0.4, 0.5) is 9.59 Å². The van der Waals surface area contributed by atoms with E-state index in [4.69, 9.17) is 64.7 Å². The minimum atomic E-state index is -0.536. The van der Waals surface area contributed by atoms with E-state index in [1.807, 2.05) is 0 Å². The molecule has 0 unspecified atom stereocenters. The van der Waals surface area contributed by atoms with Gasteiger partial charge in [-0.2, -0.15) is 0 Å². The van der Waals surface area contributed by atoms with E-state index in [9.17, 15) is 9.59 Å². The molecule has 0 aromatic heterocycles. The van der Waals surface area contributed by atoms with Crippen LogP contribution in [0.3, 0.4) is 0 Å². The van der Waals surface area contributed by atoms with E-state index in [2.05, 4.69) is 10.6 Å². The standard InChI is InChI=1S/C28H56ClN3O12/c29-5-3-1-2-4-9-35-13-15-37-11-7-31-27(33)43-26-24-42-22-20-40-18-16-38-12-8-32-28(34)44-25-23-41-21-19-39-17-14-36-10-6-30/h1-26,30H2,(H,31,33)(H,32,34). The van der Waals surface area contributed by atoms with Gasteiger partial charge in [-0.1, -0.05) is 12.8 Å². The number of carbonyl (C=O) groups is 2. The third-order valence-corrected chi connectivity index (χ3v) is 5.51. The summed E-state index contributed by atoms with van der Waals surface area (Å²) >= 11 is 5.64. The number of alkyl carbamates (subject to hydrolysis) is 2. The monoisotopic (exact) mass is 661 g/mol. The summed E-state index contributed by atoms with van der Waals surface area (Å²) in [6.45, 7) is 8.30. The van der Waals surface area contributed by atoms with Gasteiger partial charge < -0.3 is 63.7 Å². The van der Waals surface area contributed by atoms with Crippen LogP contribution < -0.4 is 16.4 Å². The third-order valence-electron chi connectivity index (χ3n) is 5.25. The molecule has 0 saturated heterocycles. The number of amides is 2. The molecule has 4 N–H and O–H groups in total. The molecule has 16 heteroatoms. The molecule has 0 aromatic carbocycles. The van der Waals surface area contributed by atoms with Crippen LogP contribution in [0.15, 0.2) is 0 Å². The molecule has 0 aliphatic carbocycles. The maximum atomic E-state index is 11.6. The second kappa shape index (κ2) is 37.7. The lowest BCUT2D eigenvalue weighted by Gasteiger charge is -2.09. The number of nitrogens with one attached hydrogen (secondary N) is 2. The van der Waals surface area contributed by atoms with Gasteiger partial charge in [-0.15, -0.1) is 11.6 Å². The van der Waals surface area contributed by atoms with Crippen molar-refractivity contribution in [1.29, 1.82) is 0 Å². The summed E-state index contributed by atoms with van der Waals surface area (Å²) in [6.07, 6.45) is 3.28. The van der Waals surface area contributed by atoms with Crippen LogP contribution in [-0.4, -0.2) is 157 Å². The van der Waals surface area contributed by atoms with Crippen LogP contribution in [0, 0.1) is 0 Å². The van der Waals surface area contributed by atoms with Crippen molar-refractivity contribution in [3.63, 3.8) is 0 Å². The van der Waals surface area contributed by atoms with Crippen LogP contribution in [0.25, 0.3) is 0 Å². The van der Waals surface area contributed by atoms with Gasteiger partial charge in [0.25, 0.3) is 0 Å². The summed E-state index contributed by atoms with van der Waals surface area (Å²) in [6, 6.07) is 0. The minimum Gasteiger partial charge on any atom is -0.447 e. The molecule has 0 radical (unpaired) electrons. The zero-order valence-electron chi connectivity index (χ0n) is 26.2. The smallest absolute Gasteiger partial charge is 0.407 e. The summed E-state index contributed by atoms with van der Waals surface area (Å²) in [7, 11) is 0. The molecule has 0 saturated carbocycles. The van der Waals surface area contributed by atoms with Crippen molar-refractivity contribution in [2.45, 2.75) is 25.7 Å². The molecule has 0 aliphatic heterocycles. The number of hydrogen-bond donors (Lipinski definition) is 3. The second-order valence-corrected chi connectivity index (χ2v) is 9.29. The Balaban J connectivity index is 3.22. The molecule has 0 heterocycles. The summed E-state index contributed by atoms with van der Waals surface area (Å²) < 4.78 is 52.8. The van der Waals surface area contributed by atoms with Gasteiger partial charge in [-0.3, -0.25) is 0 Å². The van der Waals surface area contributed by atoms with Crippen LogP contribution in [0.1, 0.15) is 25.7 Å². The van der Waals surface area contributed by atoms with Crippen molar-refractivity contribution >= 4 is 23.8 Å². The van der Waals surface area contributed by atoms with Crippen molar-refractivity contribution in [3.05, 3.63) is 0 Å². The van der Waals surface area contributed by atoms with Gasteiger partial charge >= 0.3 is 12.2 Å². The average Bonchev–Trinajstić information content (AvgIpc) is 3.02. The maximum Gasteiger partial charge on any atom is 0.407 e. The summed E-state index contributed by atoms with van der Waals surface area (Å²) in [5.74, 6) is 0.715. The van der Waals surface area contributed by atoms with Crippen molar-refractivity contribution in [1.82, 2.24) is 10.6 Å². The first-order valence-electron chi connectivity index (χ1n) is 15.4. The topological polar surface area (TPSA) is 177 Å². The van der Waals surface area contributed by atoms with Gasteiger partial charge in [-0.05, 0) is 12.8 Å². The van der Waals surface area contributed by atoms with Gasteiger partial charge in [0, 0.05) is 32.1 Å². The SMILES string of the molecule is NCCOCCOCCOCCOC(=O)NCCOCCOCCOCCOC(=O)NCCOCCOCCCCCCCl. The van der Waals surface area contributed by atoms with Gasteiger partial charge in [-0.25, -0.2) is 9.59 Å². The van der Waals surface area contributed by atoms with Crippen LogP contribution in [0.2, 0.25) is 0 Å². The molecule has 15 nitrogen and oxygen atoms in total. The predicted octanol–water partition coefficient (Wildman–Crippen LogP) is 1.33. The first kappa shape index (κ1) is 42.5. The summed E-state index contributed by atoms with van der Waals surface area (Å²) in [4.78, 5) is 23.2. The Labute approximate surface area is 267 Å². The third kappa shape index (κ3) is 36.7. The zero-order chi connectivity index (χ0) is 32.0. The molecule has 0 aromatic rings. The van der Waals surface area contributed by atoms with Gasteiger partial charge in [0.2, 0.25) is 0 Å². The molecule has 0 aliphatic rings. The lowest BCUT2D eigenvalue weighted by molar-refractivity contribution is 0.00435. The molecule has 0 fully saturated rings. The molecule has 262 valence electrons. The fourth-order valence-electron chi connectivity index (χ4n) is 3.08. The zero-order valence-corrected chi connectivity index (χ0v) is 27.0. The van der Waals surface area contributed by atoms with Crippen molar-refractivity contribution < 1.29 is 57.0 Å². The molecule has 0 atom stereocenters. The Morgan fingerprint density at radius 3 is 1.18 bits per heavy atom. The number of rotatable bonds is 35. The fraction of sp³-hybridized carbons (Fsp3) is 0.929. The second-order valence-electron chi connectivity index (χ2n) is 8.92. The highest BCUT2D eigenvalue weighted by molar-refractivity contribution is 6.17. The number of halogens is 1. The summed E-state index contributed by atoms with van der Waals surface area (Å²) in [5.41, 5.74) is 5.31. The highest BCUT2D eigenvalue weighted by Gasteiger charge is 2.02. The van der Waals surface area contributed by atoms with E-state index in [0.717, 1.165) is 32.3 Å². The average molecular weight is 662 g/mol. The number of nitrogens with two attached hydrogens (primary N) is 1. The number of carbonyl (C=O) groups excluding carboxylic acids is 2. The molecule has 0 spiro atoms. The first-order chi connectivity index (χ1) is 21.7. The maximum absolute atomic E-state index is 11.6. The van der Waals surface area contributed by atoms with Crippen LogP contribution >= 0.6 is 11.6 Å². The van der Waals surface area contributed by atoms with Gasteiger partial charge in [0.1, 0.15) is 13.2 Å². The quantitative estimate of drug-likeness (QED) is 0.0655. The molecular formula is C28H56ClN3O12. The van der Waals surface area contributed by atoms with E-state index >= 15 is 0 Å². The highest BCUT2D eigenvalue weighted by atomic mass is 35.5. The Kier molecular flexibility index (Phi) is 36.3. The number of alkyl halides is 1. The van der Waals surface area contributed by atoms with E-state index in [1.54, 1.807) is 0 Å². The van der Waals surface area contributed by atoms with Crippen molar-refractivity contribution in [2.24, 2.45) is 5.73 Å². The van der Waals surface area contributed by atoms with Gasteiger partial charge in [0.05, 0.1) is 99.1 Å².